The number of rotatable bonds is 4. The highest BCUT2D eigenvalue weighted by Crippen LogP contribution is 2.28. The average Bonchev–Trinajstić information content (AvgIpc) is 3.16. The summed E-state index contributed by atoms with van der Waals surface area (Å²) in [5.74, 6) is 1.24. The van der Waals surface area contributed by atoms with Crippen LogP contribution < -0.4 is 9.47 Å². The van der Waals surface area contributed by atoms with Crippen LogP contribution in [0.1, 0.15) is 0 Å². The first-order valence-electron chi connectivity index (χ1n) is 7.40. The maximum atomic E-state index is 5.82. The van der Waals surface area contributed by atoms with E-state index in [1.165, 1.54) is 0 Å². The van der Waals surface area contributed by atoms with Gasteiger partial charge in [-0.2, -0.15) is 10.1 Å². The van der Waals surface area contributed by atoms with Crippen LogP contribution in [-0.4, -0.2) is 26.9 Å². The Morgan fingerprint density at radius 1 is 1.00 bits per heavy atom. The zero-order chi connectivity index (χ0) is 16.4. The van der Waals surface area contributed by atoms with Crippen molar-refractivity contribution in [2.24, 2.45) is 0 Å². The van der Waals surface area contributed by atoms with Gasteiger partial charge in [0.05, 0.1) is 18.3 Å². The highest BCUT2D eigenvalue weighted by molar-refractivity contribution is 5.77. The predicted molar refractivity (Wildman–Crippen MR) is 89.7 cm³/mol. The molecule has 6 nitrogen and oxygen atoms in total. The summed E-state index contributed by atoms with van der Waals surface area (Å²) in [6, 6.07) is 15.4. The number of benzene rings is 2. The van der Waals surface area contributed by atoms with Gasteiger partial charge in [-0.1, -0.05) is 18.2 Å². The van der Waals surface area contributed by atoms with Crippen molar-refractivity contribution >= 4 is 10.9 Å². The molecule has 0 N–H and O–H groups in total. The normalized spacial score (nSPS) is 10.7. The SMILES string of the molecule is COc1cc(Oc2ncc3ccccc3n2)cc(-n2cccn2)c1. The van der Waals surface area contributed by atoms with Gasteiger partial charge >= 0.3 is 6.01 Å². The van der Waals surface area contributed by atoms with Crippen molar-refractivity contribution in [1.29, 1.82) is 0 Å². The Morgan fingerprint density at radius 2 is 1.88 bits per heavy atom. The lowest BCUT2D eigenvalue weighted by Gasteiger charge is -2.10. The fourth-order valence-corrected chi connectivity index (χ4v) is 2.40. The zero-order valence-electron chi connectivity index (χ0n) is 13.0. The summed E-state index contributed by atoms with van der Waals surface area (Å²) in [7, 11) is 1.61. The van der Waals surface area contributed by atoms with E-state index in [0.717, 1.165) is 16.6 Å². The van der Waals surface area contributed by atoms with E-state index in [1.807, 2.05) is 48.7 Å². The van der Waals surface area contributed by atoms with Crippen LogP contribution in [0.4, 0.5) is 0 Å². The summed E-state index contributed by atoms with van der Waals surface area (Å²) in [6.45, 7) is 0. The minimum atomic E-state index is 0.286. The van der Waals surface area contributed by atoms with Crippen LogP contribution in [-0.2, 0) is 0 Å². The Labute approximate surface area is 138 Å². The second-order valence-corrected chi connectivity index (χ2v) is 5.13. The number of hydrogen-bond donors (Lipinski definition) is 0. The molecule has 24 heavy (non-hydrogen) atoms. The molecule has 118 valence electrons. The second kappa shape index (κ2) is 6.00. The van der Waals surface area contributed by atoms with E-state index < -0.39 is 0 Å². The fraction of sp³-hybridized carbons (Fsp3) is 0.0556. The largest absolute Gasteiger partial charge is 0.497 e. The maximum Gasteiger partial charge on any atom is 0.322 e. The van der Waals surface area contributed by atoms with Gasteiger partial charge in [0.1, 0.15) is 11.5 Å². The molecular weight excluding hydrogens is 304 g/mol. The van der Waals surface area contributed by atoms with Gasteiger partial charge in [0.2, 0.25) is 0 Å². The molecule has 0 saturated heterocycles. The number of hydrogen-bond acceptors (Lipinski definition) is 5. The predicted octanol–water partition coefficient (Wildman–Crippen LogP) is 3.62. The minimum absolute atomic E-state index is 0.286. The van der Waals surface area contributed by atoms with Crippen molar-refractivity contribution in [1.82, 2.24) is 19.7 Å². The number of fused-ring (bicyclic) bond motifs is 1. The Morgan fingerprint density at radius 3 is 2.71 bits per heavy atom. The third kappa shape index (κ3) is 2.77. The van der Waals surface area contributed by atoms with Crippen LogP contribution in [0.15, 0.2) is 67.1 Å². The van der Waals surface area contributed by atoms with Crippen LogP contribution in [0.3, 0.4) is 0 Å². The third-order valence-corrected chi connectivity index (χ3v) is 3.55. The van der Waals surface area contributed by atoms with Gasteiger partial charge in [-0.05, 0) is 12.1 Å². The van der Waals surface area contributed by atoms with Crippen LogP contribution in [0.2, 0.25) is 0 Å². The summed E-state index contributed by atoms with van der Waals surface area (Å²) < 4.78 is 12.9. The van der Waals surface area contributed by atoms with Gasteiger partial charge < -0.3 is 9.47 Å². The molecule has 0 atom stereocenters. The highest BCUT2D eigenvalue weighted by Gasteiger charge is 2.08. The quantitative estimate of drug-likeness (QED) is 0.575. The molecular formula is C18H14N4O2. The standard InChI is InChI=1S/C18H14N4O2/c1-23-15-9-14(22-8-4-7-20-22)10-16(11-15)24-18-19-12-13-5-2-3-6-17(13)21-18/h2-12H,1H3. The van der Waals surface area contributed by atoms with E-state index in [0.29, 0.717) is 11.5 Å². The molecule has 0 amide bonds. The average molecular weight is 318 g/mol. The molecule has 0 fully saturated rings. The van der Waals surface area contributed by atoms with Gasteiger partial charge in [0, 0.05) is 42.2 Å². The van der Waals surface area contributed by atoms with Crippen LogP contribution >= 0.6 is 0 Å². The van der Waals surface area contributed by atoms with Gasteiger partial charge in [-0.3, -0.25) is 0 Å². The first-order valence-corrected chi connectivity index (χ1v) is 7.40. The molecule has 0 spiro atoms. The lowest BCUT2D eigenvalue weighted by atomic mass is 10.2. The number of methoxy groups -OCH3 is 1. The summed E-state index contributed by atoms with van der Waals surface area (Å²) in [5.41, 5.74) is 1.66. The van der Waals surface area contributed by atoms with Crippen LogP contribution in [0, 0.1) is 0 Å². The molecule has 0 unspecified atom stereocenters. The highest BCUT2D eigenvalue weighted by atomic mass is 16.5. The van der Waals surface area contributed by atoms with Crippen molar-refractivity contribution < 1.29 is 9.47 Å². The number of ether oxygens (including phenoxy) is 2. The van der Waals surface area contributed by atoms with Gasteiger partial charge in [-0.25, -0.2) is 9.67 Å². The van der Waals surface area contributed by atoms with Crippen molar-refractivity contribution in [3.63, 3.8) is 0 Å². The lowest BCUT2D eigenvalue weighted by molar-refractivity contribution is 0.404. The van der Waals surface area contributed by atoms with E-state index >= 15 is 0 Å². The molecule has 0 bridgehead atoms. The molecule has 0 aliphatic heterocycles. The molecule has 6 heteroatoms. The van der Waals surface area contributed by atoms with Gasteiger partial charge in [0.25, 0.3) is 0 Å². The van der Waals surface area contributed by atoms with Crippen LogP contribution in [0.5, 0.6) is 17.5 Å². The van der Waals surface area contributed by atoms with Crippen molar-refractivity contribution in [3.05, 3.63) is 67.1 Å². The first kappa shape index (κ1) is 14.2. The van der Waals surface area contributed by atoms with Gasteiger partial charge in [0.15, 0.2) is 0 Å². The number of para-hydroxylation sites is 1. The molecule has 2 aromatic heterocycles. The minimum Gasteiger partial charge on any atom is -0.497 e. The molecule has 0 aliphatic rings. The third-order valence-electron chi connectivity index (χ3n) is 3.55. The monoisotopic (exact) mass is 318 g/mol. The van der Waals surface area contributed by atoms with Crippen molar-refractivity contribution in [2.75, 3.05) is 7.11 Å². The van der Waals surface area contributed by atoms with Crippen LogP contribution in [0.25, 0.3) is 16.6 Å². The first-order chi connectivity index (χ1) is 11.8. The molecule has 0 aliphatic carbocycles. The van der Waals surface area contributed by atoms with Crippen molar-refractivity contribution in [3.8, 4) is 23.2 Å². The molecule has 4 rings (SSSR count). The Hall–Kier alpha value is -3.41. The van der Waals surface area contributed by atoms with Crippen molar-refractivity contribution in [2.45, 2.75) is 0 Å². The Bertz CT molecular complexity index is 983. The molecule has 2 heterocycles. The Kier molecular flexibility index (Phi) is 3.55. The van der Waals surface area contributed by atoms with E-state index in [4.69, 9.17) is 9.47 Å². The number of aromatic nitrogens is 4. The summed E-state index contributed by atoms with van der Waals surface area (Å²) in [5, 5.41) is 5.19. The molecule has 2 aromatic carbocycles. The fourth-order valence-electron chi connectivity index (χ4n) is 2.40. The number of nitrogens with zero attached hydrogens (tertiary/aromatic N) is 4. The van der Waals surface area contributed by atoms with E-state index in [9.17, 15) is 0 Å². The summed E-state index contributed by atoms with van der Waals surface area (Å²) in [4.78, 5) is 8.68. The Balaban J connectivity index is 1.71. The summed E-state index contributed by atoms with van der Waals surface area (Å²) in [6.07, 6.45) is 5.31. The van der Waals surface area contributed by atoms with E-state index in [-0.39, 0.29) is 6.01 Å². The summed E-state index contributed by atoms with van der Waals surface area (Å²) >= 11 is 0. The molecule has 4 aromatic rings. The molecule has 0 radical (unpaired) electrons. The van der Waals surface area contributed by atoms with E-state index in [2.05, 4.69) is 15.1 Å². The zero-order valence-corrected chi connectivity index (χ0v) is 13.0. The maximum absolute atomic E-state index is 5.82. The molecule has 0 saturated carbocycles. The van der Waals surface area contributed by atoms with E-state index in [1.54, 1.807) is 30.3 Å². The van der Waals surface area contributed by atoms with Gasteiger partial charge in [-0.15, -0.1) is 0 Å². The smallest absolute Gasteiger partial charge is 0.322 e. The topological polar surface area (TPSA) is 62.1 Å². The second-order valence-electron chi connectivity index (χ2n) is 5.13. The lowest BCUT2D eigenvalue weighted by Crippen LogP contribution is -1.98.